The van der Waals surface area contributed by atoms with Crippen molar-refractivity contribution in [1.82, 2.24) is 10.1 Å². The van der Waals surface area contributed by atoms with Crippen LogP contribution in [0, 0.1) is 13.8 Å². The van der Waals surface area contributed by atoms with Crippen LogP contribution in [-0.2, 0) is 14.9 Å². The van der Waals surface area contributed by atoms with Crippen LogP contribution in [0.1, 0.15) is 18.4 Å². The van der Waals surface area contributed by atoms with Crippen molar-refractivity contribution in [1.29, 1.82) is 0 Å². The van der Waals surface area contributed by atoms with Crippen LogP contribution in [0.5, 0.6) is 5.75 Å². The molecule has 9 nitrogen and oxygen atoms in total. The lowest BCUT2D eigenvalue weighted by atomic mass is 10.00. The number of hydrogen-bond acceptors (Lipinski definition) is 7. The fourth-order valence-electron chi connectivity index (χ4n) is 4.02. The van der Waals surface area contributed by atoms with Crippen molar-refractivity contribution in [2.24, 2.45) is 0 Å². The molecular formula is C20H24N4O5S. The van der Waals surface area contributed by atoms with E-state index in [9.17, 15) is 8.42 Å². The van der Waals surface area contributed by atoms with Gasteiger partial charge < -0.3 is 14.0 Å². The van der Waals surface area contributed by atoms with Gasteiger partial charge >= 0.3 is 10.2 Å². The smallest absolute Gasteiger partial charge is 0.326 e. The molecular weight excluding hydrogens is 408 g/mol. The van der Waals surface area contributed by atoms with Gasteiger partial charge in [0.2, 0.25) is 0 Å². The van der Waals surface area contributed by atoms with Crippen molar-refractivity contribution in [2.45, 2.75) is 26.8 Å². The van der Waals surface area contributed by atoms with E-state index in [0.717, 1.165) is 16.8 Å². The second-order valence-electron chi connectivity index (χ2n) is 7.34. The molecule has 160 valence electrons. The summed E-state index contributed by atoms with van der Waals surface area (Å²) in [7, 11) is 0.907. The van der Waals surface area contributed by atoms with E-state index in [1.54, 1.807) is 20.4 Å². The first kappa shape index (κ1) is 20.4. The maximum absolute atomic E-state index is 13.1. The number of pyridine rings is 1. The van der Waals surface area contributed by atoms with Gasteiger partial charge in [0.25, 0.3) is 0 Å². The first-order valence-corrected chi connectivity index (χ1v) is 10.8. The predicted molar refractivity (Wildman–Crippen MR) is 114 cm³/mol. The SMILES string of the molecule is COCC(C)N1c2c(cnc3cc(-c4c(C)noc4C)c(OC)cc23)N(C)S1(=O)=O. The Kier molecular flexibility index (Phi) is 4.86. The predicted octanol–water partition coefficient (Wildman–Crippen LogP) is 3.05. The number of hydrogen-bond donors (Lipinski definition) is 0. The first-order chi connectivity index (χ1) is 14.2. The molecule has 1 aliphatic heterocycles. The molecule has 0 saturated heterocycles. The van der Waals surface area contributed by atoms with Crippen molar-refractivity contribution >= 4 is 32.5 Å². The highest BCUT2D eigenvalue weighted by atomic mass is 32.2. The largest absolute Gasteiger partial charge is 0.496 e. The van der Waals surface area contributed by atoms with Crippen LogP contribution in [-0.4, -0.2) is 52.5 Å². The highest BCUT2D eigenvalue weighted by Crippen LogP contribution is 2.47. The molecule has 3 aromatic rings. The molecule has 1 aliphatic rings. The summed E-state index contributed by atoms with van der Waals surface area (Å²) in [5.74, 6) is 1.25. The fourth-order valence-corrected chi connectivity index (χ4v) is 5.60. The normalized spacial score (nSPS) is 16.2. The van der Waals surface area contributed by atoms with Gasteiger partial charge in [0, 0.05) is 25.1 Å². The van der Waals surface area contributed by atoms with Crippen LogP contribution >= 0.6 is 0 Å². The number of aryl methyl sites for hydroxylation is 2. The van der Waals surface area contributed by atoms with E-state index in [4.69, 9.17) is 14.0 Å². The molecule has 0 N–H and O–H groups in total. The van der Waals surface area contributed by atoms with Crippen LogP contribution in [0.3, 0.4) is 0 Å². The molecule has 0 fully saturated rings. The molecule has 0 bridgehead atoms. The van der Waals surface area contributed by atoms with Gasteiger partial charge in [0.1, 0.15) is 11.5 Å². The first-order valence-electron chi connectivity index (χ1n) is 9.43. The summed E-state index contributed by atoms with van der Waals surface area (Å²) in [5, 5.41) is 4.71. The van der Waals surface area contributed by atoms with Crippen molar-refractivity contribution in [2.75, 3.05) is 36.5 Å². The molecule has 30 heavy (non-hydrogen) atoms. The van der Waals surface area contributed by atoms with E-state index in [2.05, 4.69) is 10.1 Å². The Labute approximate surface area is 175 Å². The summed E-state index contributed by atoms with van der Waals surface area (Å²) in [6.07, 6.45) is 1.58. The van der Waals surface area contributed by atoms with Gasteiger partial charge in [-0.2, -0.15) is 8.42 Å². The monoisotopic (exact) mass is 432 g/mol. The van der Waals surface area contributed by atoms with Gasteiger partial charge in [-0.25, -0.2) is 4.31 Å². The zero-order valence-electron chi connectivity index (χ0n) is 17.8. The van der Waals surface area contributed by atoms with Crippen molar-refractivity contribution in [3.8, 4) is 16.9 Å². The van der Waals surface area contributed by atoms with Crippen molar-refractivity contribution < 1.29 is 22.4 Å². The maximum atomic E-state index is 13.1. The van der Waals surface area contributed by atoms with Crippen molar-refractivity contribution in [3.63, 3.8) is 0 Å². The van der Waals surface area contributed by atoms with Crippen LogP contribution in [0.25, 0.3) is 22.0 Å². The fraction of sp³-hybridized carbons (Fsp3) is 0.400. The Hall–Kier alpha value is -2.85. The standard InChI is InChI=1S/C20H24N4O5S/c1-11(10-27-5)24-20-14-8-18(28-6)15(19-12(2)22-29-13(19)3)7-16(14)21-9-17(20)23(4)30(24,25)26/h7-9,11H,10H2,1-6H3. The maximum Gasteiger partial charge on any atom is 0.326 e. The molecule has 0 amide bonds. The third-order valence-electron chi connectivity index (χ3n) is 5.41. The Bertz CT molecular complexity index is 1220. The number of fused-ring (bicyclic) bond motifs is 3. The summed E-state index contributed by atoms with van der Waals surface area (Å²) < 4.78 is 45.1. The summed E-state index contributed by atoms with van der Waals surface area (Å²) in [6, 6.07) is 3.30. The topological polar surface area (TPSA) is 98.0 Å². The highest BCUT2D eigenvalue weighted by Gasteiger charge is 2.42. The Morgan fingerprint density at radius 3 is 2.57 bits per heavy atom. The lowest BCUT2D eigenvalue weighted by Gasteiger charge is -2.26. The van der Waals surface area contributed by atoms with Gasteiger partial charge in [0.05, 0.1) is 54.1 Å². The van der Waals surface area contributed by atoms with E-state index in [1.165, 1.54) is 15.7 Å². The van der Waals surface area contributed by atoms with Gasteiger partial charge in [0.15, 0.2) is 0 Å². The molecule has 4 rings (SSSR count). The molecule has 0 spiro atoms. The van der Waals surface area contributed by atoms with Gasteiger partial charge in [-0.1, -0.05) is 5.16 Å². The average molecular weight is 433 g/mol. The summed E-state index contributed by atoms with van der Waals surface area (Å²) >= 11 is 0. The number of methoxy groups -OCH3 is 2. The summed E-state index contributed by atoms with van der Waals surface area (Å²) in [5.41, 5.74) is 4.09. The van der Waals surface area contributed by atoms with E-state index in [-0.39, 0.29) is 6.61 Å². The Balaban J connectivity index is 2.02. The van der Waals surface area contributed by atoms with Gasteiger partial charge in [-0.3, -0.25) is 9.29 Å². The molecule has 2 aromatic heterocycles. The van der Waals surface area contributed by atoms with Crippen LogP contribution in [0.2, 0.25) is 0 Å². The van der Waals surface area contributed by atoms with E-state index in [0.29, 0.717) is 33.8 Å². The molecule has 3 heterocycles. The van der Waals surface area contributed by atoms with Crippen molar-refractivity contribution in [3.05, 3.63) is 29.8 Å². The quantitative estimate of drug-likeness (QED) is 0.611. The number of nitrogens with zero attached hydrogens (tertiary/aromatic N) is 4. The lowest BCUT2D eigenvalue weighted by Crippen LogP contribution is -2.43. The zero-order chi connectivity index (χ0) is 21.8. The van der Waals surface area contributed by atoms with E-state index in [1.807, 2.05) is 32.9 Å². The molecule has 0 aliphatic carbocycles. The molecule has 1 aromatic carbocycles. The van der Waals surface area contributed by atoms with E-state index >= 15 is 0 Å². The highest BCUT2D eigenvalue weighted by molar-refractivity contribution is 7.94. The third-order valence-corrected chi connectivity index (χ3v) is 7.34. The van der Waals surface area contributed by atoms with Crippen LogP contribution in [0.15, 0.2) is 22.9 Å². The Morgan fingerprint density at radius 2 is 1.97 bits per heavy atom. The van der Waals surface area contributed by atoms with Gasteiger partial charge in [-0.05, 0) is 32.9 Å². The number of rotatable bonds is 5. The number of ether oxygens (including phenoxy) is 2. The van der Waals surface area contributed by atoms with Crippen LogP contribution in [0.4, 0.5) is 11.4 Å². The molecule has 10 heteroatoms. The minimum Gasteiger partial charge on any atom is -0.496 e. The molecule has 1 atom stereocenters. The minimum absolute atomic E-state index is 0.255. The second-order valence-corrected chi connectivity index (χ2v) is 9.17. The van der Waals surface area contributed by atoms with E-state index < -0.39 is 16.3 Å². The summed E-state index contributed by atoms with van der Waals surface area (Å²) in [6.45, 7) is 5.77. The molecule has 0 saturated carbocycles. The zero-order valence-corrected chi connectivity index (χ0v) is 18.6. The number of aromatic nitrogens is 2. The molecule has 1 unspecified atom stereocenters. The van der Waals surface area contributed by atoms with Crippen LogP contribution < -0.4 is 13.3 Å². The van der Waals surface area contributed by atoms with Gasteiger partial charge in [-0.15, -0.1) is 0 Å². The Morgan fingerprint density at radius 1 is 1.23 bits per heavy atom. The molecule has 0 radical (unpaired) electrons. The second kappa shape index (κ2) is 7.13. The number of benzene rings is 1. The lowest BCUT2D eigenvalue weighted by molar-refractivity contribution is 0.186. The third kappa shape index (κ3) is 2.82. The average Bonchev–Trinajstić information content (AvgIpc) is 3.14. The minimum atomic E-state index is -3.74. The summed E-state index contributed by atoms with van der Waals surface area (Å²) in [4.78, 5) is 4.54. The number of anilines is 2.